The Bertz CT molecular complexity index is 627. The average Bonchev–Trinajstić information content (AvgIpc) is 2.79. The fourth-order valence-corrected chi connectivity index (χ4v) is 2.94. The Hall–Kier alpha value is -1.66. The molecule has 0 aliphatic heterocycles. The third kappa shape index (κ3) is 3.92. The van der Waals surface area contributed by atoms with Crippen LogP contribution in [-0.4, -0.2) is 25.7 Å². The van der Waals surface area contributed by atoms with Gasteiger partial charge in [0.1, 0.15) is 10.7 Å². The van der Waals surface area contributed by atoms with Gasteiger partial charge in [-0.05, 0) is 24.6 Å². The third-order valence-corrected chi connectivity index (χ3v) is 4.25. The van der Waals surface area contributed by atoms with E-state index in [1.54, 1.807) is 6.07 Å². The molecule has 0 aliphatic carbocycles. The first kappa shape index (κ1) is 15.7. The van der Waals surface area contributed by atoms with Crippen molar-refractivity contribution in [1.29, 1.82) is 0 Å². The van der Waals surface area contributed by atoms with E-state index in [1.165, 1.54) is 23.5 Å². The number of hydrogen-bond acceptors (Lipinski definition) is 4. The van der Waals surface area contributed by atoms with E-state index in [9.17, 15) is 9.18 Å². The predicted molar refractivity (Wildman–Crippen MR) is 84.3 cm³/mol. The van der Waals surface area contributed by atoms with Crippen LogP contribution in [0, 0.1) is 5.82 Å². The Morgan fingerprint density at radius 1 is 1.43 bits per heavy atom. The molecule has 1 heterocycles. The normalized spacial score (nSPS) is 11.0. The van der Waals surface area contributed by atoms with Crippen molar-refractivity contribution in [3.63, 3.8) is 0 Å². The SMILES string of the molecule is CCCCOCCNC(=O)c1sc2ccc(F)cc2c1N. The summed E-state index contributed by atoms with van der Waals surface area (Å²) in [4.78, 5) is 12.5. The van der Waals surface area contributed by atoms with Crippen LogP contribution in [0.4, 0.5) is 10.1 Å². The number of thiophene rings is 1. The van der Waals surface area contributed by atoms with E-state index >= 15 is 0 Å². The van der Waals surface area contributed by atoms with Crippen LogP contribution >= 0.6 is 11.3 Å². The number of ether oxygens (including phenoxy) is 1. The second-order valence-electron chi connectivity index (χ2n) is 4.71. The molecule has 0 radical (unpaired) electrons. The highest BCUT2D eigenvalue weighted by molar-refractivity contribution is 7.21. The number of benzene rings is 1. The summed E-state index contributed by atoms with van der Waals surface area (Å²) in [5.41, 5.74) is 6.26. The lowest BCUT2D eigenvalue weighted by Gasteiger charge is -2.05. The van der Waals surface area contributed by atoms with Crippen molar-refractivity contribution in [3.8, 4) is 0 Å². The van der Waals surface area contributed by atoms with E-state index in [0.717, 1.165) is 17.5 Å². The van der Waals surface area contributed by atoms with Gasteiger partial charge in [0.15, 0.2) is 0 Å². The highest BCUT2D eigenvalue weighted by Gasteiger charge is 2.16. The molecule has 0 bridgehead atoms. The molecule has 1 aromatic heterocycles. The van der Waals surface area contributed by atoms with Crippen molar-refractivity contribution >= 4 is 33.0 Å². The summed E-state index contributed by atoms with van der Waals surface area (Å²) in [5.74, 6) is -0.600. The highest BCUT2D eigenvalue weighted by Crippen LogP contribution is 2.33. The van der Waals surface area contributed by atoms with Gasteiger partial charge in [-0.1, -0.05) is 13.3 Å². The summed E-state index contributed by atoms with van der Waals surface area (Å²) in [6.45, 7) is 3.71. The van der Waals surface area contributed by atoms with Crippen LogP contribution in [0.25, 0.3) is 10.1 Å². The molecule has 2 rings (SSSR count). The third-order valence-electron chi connectivity index (χ3n) is 3.07. The van der Waals surface area contributed by atoms with Gasteiger partial charge in [-0.15, -0.1) is 11.3 Å². The number of rotatable bonds is 7. The van der Waals surface area contributed by atoms with Crippen LogP contribution in [0.3, 0.4) is 0 Å². The minimum atomic E-state index is -0.358. The molecule has 21 heavy (non-hydrogen) atoms. The minimum Gasteiger partial charge on any atom is -0.397 e. The van der Waals surface area contributed by atoms with Crippen LogP contribution in [-0.2, 0) is 4.74 Å². The van der Waals surface area contributed by atoms with E-state index in [-0.39, 0.29) is 11.7 Å². The molecule has 1 aromatic carbocycles. The Balaban J connectivity index is 1.95. The minimum absolute atomic E-state index is 0.242. The first-order chi connectivity index (χ1) is 10.1. The van der Waals surface area contributed by atoms with Gasteiger partial charge < -0.3 is 15.8 Å². The highest BCUT2D eigenvalue weighted by atomic mass is 32.1. The molecule has 0 saturated heterocycles. The maximum atomic E-state index is 13.2. The predicted octanol–water partition coefficient (Wildman–Crippen LogP) is 3.17. The smallest absolute Gasteiger partial charge is 0.263 e. The number of carbonyl (C=O) groups excluding carboxylic acids is 1. The van der Waals surface area contributed by atoms with Crippen molar-refractivity contribution in [2.45, 2.75) is 19.8 Å². The number of fused-ring (bicyclic) bond motifs is 1. The van der Waals surface area contributed by atoms with Crippen molar-refractivity contribution in [1.82, 2.24) is 5.32 Å². The van der Waals surface area contributed by atoms with Crippen LogP contribution < -0.4 is 11.1 Å². The average molecular weight is 310 g/mol. The van der Waals surface area contributed by atoms with E-state index < -0.39 is 0 Å². The summed E-state index contributed by atoms with van der Waals surface area (Å²) < 4.78 is 19.4. The molecule has 2 aromatic rings. The standard InChI is InChI=1S/C15H19FN2O2S/c1-2-3-7-20-8-6-18-15(19)14-13(17)11-9-10(16)4-5-12(11)21-14/h4-5,9H,2-3,6-8,17H2,1H3,(H,18,19). The number of anilines is 1. The Labute approximate surface area is 127 Å². The second kappa shape index (κ2) is 7.38. The molecule has 1 amide bonds. The fraction of sp³-hybridized carbons (Fsp3) is 0.400. The molecule has 6 heteroatoms. The Morgan fingerprint density at radius 2 is 2.24 bits per heavy atom. The number of amides is 1. The topological polar surface area (TPSA) is 64.3 Å². The zero-order valence-electron chi connectivity index (χ0n) is 11.9. The number of nitrogens with one attached hydrogen (secondary N) is 1. The molecule has 0 saturated carbocycles. The van der Waals surface area contributed by atoms with Crippen LogP contribution in [0.15, 0.2) is 18.2 Å². The molecule has 3 N–H and O–H groups in total. The zero-order chi connectivity index (χ0) is 15.2. The number of nitrogen functional groups attached to an aromatic ring is 1. The number of unbranched alkanes of at least 4 members (excludes halogenated alkanes) is 1. The summed E-state index contributed by atoms with van der Waals surface area (Å²) in [5, 5.41) is 3.35. The second-order valence-corrected chi connectivity index (χ2v) is 5.76. The van der Waals surface area contributed by atoms with Gasteiger partial charge >= 0.3 is 0 Å². The maximum absolute atomic E-state index is 13.2. The van der Waals surface area contributed by atoms with Crippen LogP contribution in [0.2, 0.25) is 0 Å². The molecular weight excluding hydrogens is 291 g/mol. The monoisotopic (exact) mass is 310 g/mol. The number of nitrogens with two attached hydrogens (primary N) is 1. The molecule has 0 unspecified atom stereocenters. The molecule has 114 valence electrons. The van der Waals surface area contributed by atoms with Gasteiger partial charge in [0, 0.05) is 23.2 Å². The molecular formula is C15H19FN2O2S. The quantitative estimate of drug-likeness (QED) is 0.772. The van der Waals surface area contributed by atoms with Crippen molar-refractivity contribution in [2.75, 3.05) is 25.5 Å². The van der Waals surface area contributed by atoms with Gasteiger partial charge in [0.25, 0.3) is 5.91 Å². The lowest BCUT2D eigenvalue weighted by atomic mass is 10.2. The number of halogens is 1. The van der Waals surface area contributed by atoms with Gasteiger partial charge in [-0.3, -0.25) is 4.79 Å². The summed E-state index contributed by atoms with van der Waals surface area (Å²) in [7, 11) is 0. The van der Waals surface area contributed by atoms with Crippen molar-refractivity contribution in [3.05, 3.63) is 28.9 Å². The zero-order valence-corrected chi connectivity index (χ0v) is 12.8. The lowest BCUT2D eigenvalue weighted by molar-refractivity contribution is 0.0917. The largest absolute Gasteiger partial charge is 0.397 e. The van der Waals surface area contributed by atoms with Gasteiger partial charge in [-0.2, -0.15) is 0 Å². The van der Waals surface area contributed by atoms with E-state index in [0.29, 0.717) is 35.7 Å². The molecule has 0 fully saturated rings. The van der Waals surface area contributed by atoms with Gasteiger partial charge in [0.05, 0.1) is 12.3 Å². The summed E-state index contributed by atoms with van der Waals surface area (Å²) >= 11 is 1.27. The molecule has 4 nitrogen and oxygen atoms in total. The Kier molecular flexibility index (Phi) is 5.52. The summed E-state index contributed by atoms with van der Waals surface area (Å²) in [6, 6.07) is 4.35. The van der Waals surface area contributed by atoms with Crippen molar-refractivity contribution < 1.29 is 13.9 Å². The number of carbonyl (C=O) groups is 1. The molecule has 0 spiro atoms. The van der Waals surface area contributed by atoms with E-state index in [2.05, 4.69) is 12.2 Å². The lowest BCUT2D eigenvalue weighted by Crippen LogP contribution is -2.27. The fourth-order valence-electron chi connectivity index (χ4n) is 1.92. The van der Waals surface area contributed by atoms with E-state index in [1.807, 2.05) is 0 Å². The number of hydrogen-bond donors (Lipinski definition) is 2. The first-order valence-corrected chi connectivity index (χ1v) is 7.78. The van der Waals surface area contributed by atoms with Crippen LogP contribution in [0.5, 0.6) is 0 Å². The first-order valence-electron chi connectivity index (χ1n) is 6.97. The van der Waals surface area contributed by atoms with Gasteiger partial charge in [0.2, 0.25) is 0 Å². The summed E-state index contributed by atoms with van der Waals surface area (Å²) in [6.07, 6.45) is 2.10. The van der Waals surface area contributed by atoms with Crippen LogP contribution in [0.1, 0.15) is 29.4 Å². The molecule has 0 atom stereocenters. The Morgan fingerprint density at radius 3 is 3.00 bits per heavy atom. The van der Waals surface area contributed by atoms with Crippen molar-refractivity contribution in [2.24, 2.45) is 0 Å². The van der Waals surface area contributed by atoms with E-state index in [4.69, 9.17) is 10.5 Å². The van der Waals surface area contributed by atoms with Gasteiger partial charge in [-0.25, -0.2) is 4.39 Å². The maximum Gasteiger partial charge on any atom is 0.263 e. The molecule has 0 aliphatic rings.